The lowest BCUT2D eigenvalue weighted by molar-refractivity contribution is 0.664. The zero-order valence-corrected chi connectivity index (χ0v) is 12.4. The topological polar surface area (TPSA) is 48.8 Å². The number of benzene rings is 1. The first-order valence-corrected chi connectivity index (χ1v) is 7.62. The normalized spacial score (nSPS) is 15.0. The van der Waals surface area contributed by atoms with Crippen LogP contribution >= 0.6 is 11.6 Å². The molecule has 2 aromatic heterocycles. The van der Waals surface area contributed by atoms with Gasteiger partial charge in [-0.1, -0.05) is 17.7 Å². The van der Waals surface area contributed by atoms with Crippen LogP contribution in [0.15, 0.2) is 36.9 Å². The van der Waals surface area contributed by atoms with Gasteiger partial charge in [-0.15, -0.1) is 0 Å². The van der Waals surface area contributed by atoms with Gasteiger partial charge in [-0.2, -0.15) is 0 Å². The zero-order chi connectivity index (χ0) is 14.4. The van der Waals surface area contributed by atoms with E-state index < -0.39 is 0 Å². The van der Waals surface area contributed by atoms with Crippen LogP contribution in [0, 0.1) is 0 Å². The summed E-state index contributed by atoms with van der Waals surface area (Å²) in [5.41, 5.74) is 9.38. The van der Waals surface area contributed by atoms with Gasteiger partial charge in [-0.25, -0.2) is 4.98 Å². The van der Waals surface area contributed by atoms with E-state index in [1.807, 2.05) is 24.7 Å². The van der Waals surface area contributed by atoms with Crippen molar-refractivity contribution in [3.63, 3.8) is 0 Å². The summed E-state index contributed by atoms with van der Waals surface area (Å²) in [4.78, 5) is 4.30. The predicted octanol–water partition coefficient (Wildman–Crippen LogP) is 3.33. The lowest BCUT2D eigenvalue weighted by Gasteiger charge is -2.09. The molecule has 0 aliphatic heterocycles. The summed E-state index contributed by atoms with van der Waals surface area (Å²) in [5, 5.41) is 1.93. The first kappa shape index (κ1) is 12.9. The van der Waals surface area contributed by atoms with E-state index in [2.05, 4.69) is 26.4 Å². The van der Waals surface area contributed by atoms with Gasteiger partial charge in [0.2, 0.25) is 0 Å². The third kappa shape index (κ3) is 2.24. The van der Waals surface area contributed by atoms with Crippen molar-refractivity contribution in [2.24, 2.45) is 5.73 Å². The molecule has 0 spiro atoms. The molecule has 4 nitrogen and oxygen atoms in total. The lowest BCUT2D eigenvalue weighted by Crippen LogP contribution is -2.05. The maximum absolute atomic E-state index is 6.15. The van der Waals surface area contributed by atoms with Crippen LogP contribution in [0.3, 0.4) is 0 Å². The summed E-state index contributed by atoms with van der Waals surface area (Å²) in [6, 6.07) is 6.62. The number of nitrogens with two attached hydrogens (primary N) is 1. The lowest BCUT2D eigenvalue weighted by atomic mass is 10.2. The molecule has 2 N–H and O–H groups in total. The van der Waals surface area contributed by atoms with E-state index in [0.717, 1.165) is 22.6 Å². The second-order valence-electron chi connectivity index (χ2n) is 5.67. The highest BCUT2D eigenvalue weighted by molar-refractivity contribution is 6.31. The maximum atomic E-state index is 6.15. The minimum absolute atomic E-state index is 0.535. The molecule has 1 aliphatic carbocycles. The average Bonchev–Trinajstić information content (AvgIpc) is 3.13. The van der Waals surface area contributed by atoms with E-state index in [4.69, 9.17) is 17.3 Å². The molecule has 0 bridgehead atoms. The number of hydrogen-bond acceptors (Lipinski definition) is 2. The molecule has 21 heavy (non-hydrogen) atoms. The Labute approximate surface area is 128 Å². The fraction of sp³-hybridized carbons (Fsp3) is 0.312. The van der Waals surface area contributed by atoms with Crippen molar-refractivity contribution in [2.45, 2.75) is 32.0 Å². The van der Waals surface area contributed by atoms with Gasteiger partial charge in [0, 0.05) is 35.4 Å². The number of nitrogens with zero attached hydrogens (tertiary/aromatic N) is 3. The number of imidazole rings is 1. The second kappa shape index (κ2) is 4.90. The van der Waals surface area contributed by atoms with E-state index in [9.17, 15) is 0 Å². The van der Waals surface area contributed by atoms with Crippen LogP contribution in [0.1, 0.15) is 30.1 Å². The fourth-order valence-electron chi connectivity index (χ4n) is 2.95. The summed E-state index contributed by atoms with van der Waals surface area (Å²) >= 11 is 6.15. The fourth-order valence-corrected chi connectivity index (χ4v) is 3.11. The molecule has 4 rings (SSSR count). The Kier molecular flexibility index (Phi) is 3.01. The summed E-state index contributed by atoms with van der Waals surface area (Å²) in [6.07, 6.45) is 8.54. The third-order valence-electron chi connectivity index (χ3n) is 4.17. The predicted molar refractivity (Wildman–Crippen MR) is 84.4 cm³/mol. The Morgan fingerprint density at radius 3 is 2.95 bits per heavy atom. The van der Waals surface area contributed by atoms with Crippen LogP contribution in [0.5, 0.6) is 0 Å². The van der Waals surface area contributed by atoms with Crippen molar-refractivity contribution < 1.29 is 0 Å². The molecule has 0 atom stereocenters. The Hall–Kier alpha value is -1.78. The van der Waals surface area contributed by atoms with Crippen molar-refractivity contribution in [2.75, 3.05) is 0 Å². The van der Waals surface area contributed by atoms with Crippen molar-refractivity contribution in [3.05, 3.63) is 53.2 Å². The van der Waals surface area contributed by atoms with Gasteiger partial charge < -0.3 is 14.9 Å². The van der Waals surface area contributed by atoms with Gasteiger partial charge in [0.15, 0.2) is 0 Å². The van der Waals surface area contributed by atoms with Crippen LogP contribution < -0.4 is 5.73 Å². The Balaban J connectivity index is 1.78. The largest absolute Gasteiger partial charge is 0.341 e. The highest BCUT2D eigenvalue weighted by Crippen LogP contribution is 2.36. The maximum Gasteiger partial charge on any atom is 0.0951 e. The summed E-state index contributed by atoms with van der Waals surface area (Å²) in [5.74, 6) is 0. The van der Waals surface area contributed by atoms with E-state index in [1.54, 1.807) is 0 Å². The van der Waals surface area contributed by atoms with E-state index in [0.29, 0.717) is 12.6 Å². The van der Waals surface area contributed by atoms with E-state index in [1.165, 1.54) is 23.9 Å². The smallest absolute Gasteiger partial charge is 0.0951 e. The molecule has 0 saturated heterocycles. The minimum atomic E-state index is 0.535. The molecule has 1 aromatic carbocycles. The van der Waals surface area contributed by atoms with Crippen molar-refractivity contribution in [1.82, 2.24) is 14.1 Å². The molecule has 1 saturated carbocycles. The molecular formula is C16H17ClN4. The van der Waals surface area contributed by atoms with Crippen molar-refractivity contribution >= 4 is 22.5 Å². The number of hydrogen-bond donors (Lipinski definition) is 1. The van der Waals surface area contributed by atoms with Crippen LogP contribution in [0.2, 0.25) is 5.02 Å². The van der Waals surface area contributed by atoms with Crippen LogP contribution in [0.25, 0.3) is 10.9 Å². The Morgan fingerprint density at radius 2 is 2.19 bits per heavy atom. The van der Waals surface area contributed by atoms with E-state index in [-0.39, 0.29) is 0 Å². The minimum Gasteiger partial charge on any atom is -0.341 e. The standard InChI is InChI=1S/C16H17ClN4/c17-12-1-4-15-11(6-18)8-20(16(15)5-12)9-14-7-19-10-21(14)13-2-3-13/h1,4-5,7-8,10,13H,2-3,6,9,18H2. The molecule has 0 unspecified atom stereocenters. The van der Waals surface area contributed by atoms with Gasteiger partial charge in [0.1, 0.15) is 0 Å². The monoisotopic (exact) mass is 300 g/mol. The van der Waals surface area contributed by atoms with Gasteiger partial charge in [-0.05, 0) is 30.5 Å². The summed E-state index contributed by atoms with van der Waals surface area (Å²) in [7, 11) is 0. The highest BCUT2D eigenvalue weighted by Gasteiger charge is 2.25. The molecular weight excluding hydrogens is 284 g/mol. The molecule has 0 amide bonds. The molecule has 3 aromatic rings. The molecule has 0 radical (unpaired) electrons. The van der Waals surface area contributed by atoms with Gasteiger partial charge in [0.25, 0.3) is 0 Å². The van der Waals surface area contributed by atoms with Crippen molar-refractivity contribution in [3.8, 4) is 0 Å². The van der Waals surface area contributed by atoms with Gasteiger partial charge in [0.05, 0.1) is 24.1 Å². The third-order valence-corrected chi connectivity index (χ3v) is 4.40. The second-order valence-corrected chi connectivity index (χ2v) is 6.11. The number of halogens is 1. The number of fused-ring (bicyclic) bond motifs is 1. The first-order valence-electron chi connectivity index (χ1n) is 7.24. The Morgan fingerprint density at radius 1 is 1.33 bits per heavy atom. The molecule has 2 heterocycles. The molecule has 1 fully saturated rings. The molecule has 1 aliphatic rings. The van der Waals surface area contributed by atoms with Gasteiger partial charge in [-0.3, -0.25) is 0 Å². The SMILES string of the molecule is NCc1cn(Cc2cncn2C2CC2)c2cc(Cl)ccc12. The summed E-state index contributed by atoms with van der Waals surface area (Å²) < 4.78 is 4.51. The van der Waals surface area contributed by atoms with Crippen LogP contribution in [-0.2, 0) is 13.1 Å². The molecule has 5 heteroatoms. The summed E-state index contributed by atoms with van der Waals surface area (Å²) in [6.45, 7) is 1.33. The first-order chi connectivity index (χ1) is 10.3. The van der Waals surface area contributed by atoms with E-state index >= 15 is 0 Å². The van der Waals surface area contributed by atoms with Crippen LogP contribution in [0.4, 0.5) is 0 Å². The number of aromatic nitrogens is 3. The molecule has 108 valence electrons. The van der Waals surface area contributed by atoms with Crippen LogP contribution in [-0.4, -0.2) is 14.1 Å². The average molecular weight is 301 g/mol. The van der Waals surface area contributed by atoms with Gasteiger partial charge >= 0.3 is 0 Å². The quantitative estimate of drug-likeness (QED) is 0.803. The van der Waals surface area contributed by atoms with Crippen molar-refractivity contribution in [1.29, 1.82) is 0 Å². The number of rotatable bonds is 4. The Bertz CT molecular complexity index is 798. The zero-order valence-electron chi connectivity index (χ0n) is 11.7. The highest BCUT2D eigenvalue weighted by atomic mass is 35.5.